The van der Waals surface area contributed by atoms with Crippen LogP contribution in [-0.4, -0.2) is 99.8 Å². The van der Waals surface area contributed by atoms with Crippen LogP contribution in [0.2, 0.25) is 0 Å². The van der Waals surface area contributed by atoms with Crippen LogP contribution in [0.25, 0.3) is 157 Å². The van der Waals surface area contributed by atoms with E-state index in [0.29, 0.717) is 157 Å². The Morgan fingerprint density at radius 2 is 0.467 bits per heavy atom. The molecule has 0 saturated heterocycles. The van der Waals surface area contributed by atoms with E-state index in [1.807, 2.05) is 194 Å². The molecule has 0 atom stereocenters. The maximum Gasteiger partial charge on any atom is 0.164 e. The minimum Gasteiger partial charge on any atom is -0.455 e. The van der Waals surface area contributed by atoms with E-state index in [4.69, 9.17) is 69.7 Å². The van der Waals surface area contributed by atoms with Gasteiger partial charge in [-0.05, 0) is 190 Å². The number of nitrogens with one attached hydrogen (secondary N) is 2. The summed E-state index contributed by atoms with van der Waals surface area (Å²) in [6.07, 6.45) is 0. The topological polar surface area (TPSA) is 269 Å². The summed E-state index contributed by atoms with van der Waals surface area (Å²) in [6, 6.07) is 79.7. The predicted octanol–water partition coefficient (Wildman–Crippen LogP) is 22.2. The van der Waals surface area contributed by atoms with Crippen molar-refractivity contribution in [2.75, 3.05) is 0 Å². The van der Waals surface area contributed by atoms with E-state index in [0.717, 1.165) is 44.3 Å². The maximum atomic E-state index is 7.16. The lowest BCUT2D eigenvalue weighted by Crippen LogP contribution is -2.10. The van der Waals surface area contributed by atoms with Crippen LogP contribution in [0.3, 0.4) is 0 Å². The zero-order chi connectivity index (χ0) is 81.8. The van der Waals surface area contributed by atoms with Crippen LogP contribution in [0.4, 0.5) is 0 Å². The molecule has 8 bridgehead atoms. The molecule has 9 heterocycles. The van der Waals surface area contributed by atoms with Crippen molar-refractivity contribution < 1.29 is 18.9 Å². The van der Waals surface area contributed by atoms with Gasteiger partial charge in [0, 0.05) is 43.8 Å². The standard InChI is InChI=1S/C96H78N20O4/c1-93(2,3)53-29-37-57(38-30-53)117-81-49-65-61(45-77(81)113-73-25-17-13-21-69(73)105-109-113)85-97-89(65)101-86-62-46-78(114-74-26-18-14-22-70(74)106-110-114)82(118-58-39-31-54(32-40-58)94(4,5)6)50-66(62)91(98-86)103-88-64-48-80(116-76-28-20-16-24-72(76)108-112-116)84(120-60-43-35-56(36-44-60)96(10,11)12)52-68(64)92(100-88)104-87-63-47-79(115-75-27-19-15-23-71(75)107-111-115)83(51-67(63)90(99-87)102-85)119-59-41-33-55(34-42-59)95(7,8)9/h13-52H,1-12H3,(H2,97,98,99,100,101,102,103,104). The fourth-order valence-electron chi connectivity index (χ4n) is 15.6. The Bertz CT molecular complexity index is 7130. The monoisotopic (exact) mass is 1570 g/mol. The SMILES string of the molecule is CC(C)(C)c1ccc(Oc2cc3c(cc2-n2nnc4ccccc42)-c2nc-3nc3[nH]c(nc4nc(nc5[nH]c(n2)c2cc(Oc6ccc(C(C)(C)C)cc6)c(-n6nnc7ccccc76)cc52)-c2cc(Oc5ccc(C(C)(C)C)cc5)c(-n5nnc6ccccc65)cc2-4)c2cc(Oc4ccc(C(C)(C)C)cc4)c(-n4nnc5ccccc54)cc32)cc1. The molecular weight excluding hydrogens is 1500 g/mol. The third-order valence-electron chi connectivity index (χ3n) is 22.3. The zero-order valence-electron chi connectivity index (χ0n) is 67.8. The molecule has 2 aliphatic rings. The molecule has 2 N–H and O–H groups in total. The van der Waals surface area contributed by atoms with Gasteiger partial charge in [-0.3, -0.25) is 0 Å². The van der Waals surface area contributed by atoms with Crippen molar-refractivity contribution in [2.24, 2.45) is 0 Å². The average Bonchev–Trinajstić information content (AvgIpc) is 1.57. The number of nitrogens with zero attached hydrogens (tertiary/aromatic N) is 18. The van der Waals surface area contributed by atoms with E-state index >= 15 is 0 Å². The summed E-state index contributed by atoms with van der Waals surface area (Å²) in [7, 11) is 0. The number of hydrogen-bond donors (Lipinski definition) is 2. The summed E-state index contributed by atoms with van der Waals surface area (Å²) in [5.74, 6) is 5.18. The van der Waals surface area contributed by atoms with Crippen LogP contribution in [0, 0.1) is 0 Å². The van der Waals surface area contributed by atoms with Gasteiger partial charge in [-0.1, -0.05) is 201 Å². The van der Waals surface area contributed by atoms with Gasteiger partial charge in [0.25, 0.3) is 0 Å². The number of aromatic amines is 2. The van der Waals surface area contributed by atoms with Crippen molar-refractivity contribution in [3.63, 3.8) is 0 Å². The van der Waals surface area contributed by atoms with Gasteiger partial charge in [-0.15, -0.1) is 20.4 Å². The summed E-state index contributed by atoms with van der Waals surface area (Å²) in [4.78, 5) is 41.6. The lowest BCUT2D eigenvalue weighted by Gasteiger charge is -2.19. The number of rotatable bonds is 12. The van der Waals surface area contributed by atoms with Crippen LogP contribution in [0.1, 0.15) is 105 Å². The first-order chi connectivity index (χ1) is 57.9. The van der Waals surface area contributed by atoms with E-state index < -0.39 is 0 Å². The van der Waals surface area contributed by atoms with Crippen molar-refractivity contribution >= 4 is 88.3 Å². The second-order valence-corrected chi connectivity index (χ2v) is 34.5. The van der Waals surface area contributed by atoms with Gasteiger partial charge < -0.3 is 28.9 Å². The molecule has 120 heavy (non-hydrogen) atoms. The molecule has 0 spiro atoms. The quantitative estimate of drug-likeness (QED) is 0.115. The first kappa shape index (κ1) is 72.5. The van der Waals surface area contributed by atoms with Crippen molar-refractivity contribution in [2.45, 2.75) is 105 Å². The molecule has 0 aliphatic carbocycles. The number of ether oxygens (including phenoxy) is 4. The van der Waals surface area contributed by atoms with Gasteiger partial charge in [0.05, 0.1) is 22.1 Å². The van der Waals surface area contributed by atoms with Crippen molar-refractivity contribution in [3.8, 4) is 114 Å². The molecule has 0 amide bonds. The number of benzene rings is 12. The highest BCUT2D eigenvalue weighted by atomic mass is 16.5. The number of H-pyrrole nitrogens is 2. The van der Waals surface area contributed by atoms with E-state index in [2.05, 4.69) is 162 Å². The van der Waals surface area contributed by atoms with E-state index in [1.165, 1.54) is 0 Å². The molecule has 24 heteroatoms. The Morgan fingerprint density at radius 1 is 0.242 bits per heavy atom. The van der Waals surface area contributed by atoms with Crippen LogP contribution in [0.15, 0.2) is 243 Å². The summed E-state index contributed by atoms with van der Waals surface area (Å²) in [5, 5.41) is 40.5. The molecule has 0 saturated carbocycles. The van der Waals surface area contributed by atoms with Gasteiger partial charge >= 0.3 is 0 Å². The van der Waals surface area contributed by atoms with Crippen LogP contribution >= 0.6 is 0 Å². The van der Waals surface area contributed by atoms with Crippen molar-refractivity contribution in [1.82, 2.24) is 99.8 Å². The van der Waals surface area contributed by atoms with Gasteiger partial charge in [-0.25, -0.2) is 48.6 Å². The van der Waals surface area contributed by atoms with Crippen molar-refractivity contribution in [3.05, 3.63) is 265 Å². The molecule has 586 valence electrons. The molecule has 21 rings (SSSR count). The summed E-state index contributed by atoms with van der Waals surface area (Å²) < 4.78 is 35.8. The molecule has 2 aliphatic heterocycles. The number of aromatic nitrogens is 20. The fraction of sp³-hybridized carbons (Fsp3) is 0.167. The third-order valence-corrected chi connectivity index (χ3v) is 22.3. The largest absolute Gasteiger partial charge is 0.455 e. The van der Waals surface area contributed by atoms with E-state index in [1.54, 1.807) is 18.7 Å². The van der Waals surface area contributed by atoms with E-state index in [9.17, 15) is 0 Å². The lowest BCUT2D eigenvalue weighted by molar-refractivity contribution is 0.477. The second-order valence-electron chi connectivity index (χ2n) is 34.5. The Kier molecular flexibility index (Phi) is 16.4. The summed E-state index contributed by atoms with van der Waals surface area (Å²) >= 11 is 0. The number of fused-ring (bicyclic) bond motifs is 24. The van der Waals surface area contributed by atoms with Crippen molar-refractivity contribution in [1.29, 1.82) is 0 Å². The fourth-order valence-corrected chi connectivity index (χ4v) is 15.6. The van der Waals surface area contributed by atoms with Crippen LogP contribution in [0.5, 0.6) is 46.0 Å². The molecular formula is C96H78N20O4. The first-order valence-electron chi connectivity index (χ1n) is 39.8. The van der Waals surface area contributed by atoms with Crippen LogP contribution < -0.4 is 18.9 Å². The highest BCUT2D eigenvalue weighted by Crippen LogP contribution is 2.48. The highest BCUT2D eigenvalue weighted by Gasteiger charge is 2.32. The maximum absolute atomic E-state index is 7.16. The normalized spacial score (nSPS) is 12.5. The second kappa shape index (κ2) is 27.2. The summed E-state index contributed by atoms with van der Waals surface area (Å²) in [6.45, 7) is 26.3. The molecule has 0 radical (unpaired) electrons. The minimum absolute atomic E-state index is 0.127. The zero-order valence-corrected chi connectivity index (χ0v) is 67.8. The summed E-state index contributed by atoms with van der Waals surface area (Å²) in [5.41, 5.74) is 15.7. The minimum atomic E-state index is -0.127. The van der Waals surface area contributed by atoms with Crippen LogP contribution in [-0.2, 0) is 21.7 Å². The number of para-hydroxylation sites is 4. The molecule has 12 aromatic carbocycles. The Hall–Kier alpha value is -15.2. The highest BCUT2D eigenvalue weighted by molar-refractivity contribution is 6.09. The first-order valence-corrected chi connectivity index (χ1v) is 39.8. The van der Waals surface area contributed by atoms with Gasteiger partial charge in [0.1, 0.15) is 90.4 Å². The predicted molar refractivity (Wildman–Crippen MR) is 467 cm³/mol. The Morgan fingerprint density at radius 3 is 0.725 bits per heavy atom. The molecule has 24 nitrogen and oxygen atoms in total. The smallest absolute Gasteiger partial charge is 0.164 e. The Balaban J connectivity index is 0.894. The third kappa shape index (κ3) is 12.8. The van der Waals surface area contributed by atoms with E-state index in [-0.39, 0.29) is 45.0 Å². The number of hydrogen-bond acceptors (Lipinski definition) is 18. The van der Waals surface area contributed by atoms with Gasteiger partial charge in [0.15, 0.2) is 46.3 Å². The molecule has 7 aromatic heterocycles. The molecule has 0 unspecified atom stereocenters. The molecule has 0 fully saturated rings. The van der Waals surface area contributed by atoms with Gasteiger partial charge in [-0.2, -0.15) is 0 Å². The lowest BCUT2D eigenvalue weighted by atomic mass is 9.87. The Labute approximate surface area is 687 Å². The average molecular weight is 1580 g/mol. The van der Waals surface area contributed by atoms with Gasteiger partial charge in [0.2, 0.25) is 0 Å². The molecule has 19 aromatic rings.